The minimum absolute atomic E-state index is 0.102. The van der Waals surface area contributed by atoms with Crippen molar-refractivity contribution in [2.24, 2.45) is 0 Å². The molecular weight excluding hydrogens is 246 g/mol. The number of nitrogens with zero attached hydrogens (tertiary/aromatic N) is 2. The number of aryl methyl sites for hydroxylation is 1. The number of halogens is 1. The highest BCUT2D eigenvalue weighted by Crippen LogP contribution is 2.08. The van der Waals surface area contributed by atoms with Crippen molar-refractivity contribution >= 4 is 12.6 Å². The molecule has 0 bridgehead atoms. The van der Waals surface area contributed by atoms with Crippen LogP contribution in [-0.4, -0.2) is 26.7 Å². The van der Waals surface area contributed by atoms with E-state index in [2.05, 4.69) is 11.9 Å². The fourth-order valence-electron chi connectivity index (χ4n) is 2.02. The van der Waals surface area contributed by atoms with Gasteiger partial charge in [0.2, 0.25) is 0 Å². The summed E-state index contributed by atoms with van der Waals surface area (Å²) in [6.45, 7) is 2.62. The van der Waals surface area contributed by atoms with Gasteiger partial charge in [-0.05, 0) is 18.1 Å². The zero-order valence-corrected chi connectivity index (χ0v) is 10.8. The molecule has 19 heavy (non-hydrogen) atoms. The standard InChI is InChI=1S/C13H16BFN2O2/c1-2-3-13-16-6-7-17(13)9-10-4-5-12(15)11(8-10)14(18)19/h4-8,18-19H,2-3,9H2,1H3. The predicted molar refractivity (Wildman–Crippen MR) is 71.5 cm³/mol. The molecule has 0 aliphatic rings. The summed E-state index contributed by atoms with van der Waals surface area (Å²) < 4.78 is 15.3. The average Bonchev–Trinajstić information content (AvgIpc) is 2.79. The molecule has 2 N–H and O–H groups in total. The molecule has 0 unspecified atom stereocenters. The molecule has 0 saturated heterocycles. The van der Waals surface area contributed by atoms with Crippen molar-refractivity contribution in [3.8, 4) is 0 Å². The average molecular weight is 262 g/mol. The molecule has 2 rings (SSSR count). The van der Waals surface area contributed by atoms with E-state index in [9.17, 15) is 4.39 Å². The Hall–Kier alpha value is -1.66. The van der Waals surface area contributed by atoms with Gasteiger partial charge in [-0.1, -0.05) is 19.1 Å². The molecule has 0 radical (unpaired) electrons. The van der Waals surface area contributed by atoms with Gasteiger partial charge in [-0.25, -0.2) is 9.37 Å². The summed E-state index contributed by atoms with van der Waals surface area (Å²) in [5, 5.41) is 18.2. The highest BCUT2D eigenvalue weighted by atomic mass is 19.1. The van der Waals surface area contributed by atoms with Crippen LogP contribution in [0.5, 0.6) is 0 Å². The van der Waals surface area contributed by atoms with E-state index in [0.717, 1.165) is 24.2 Å². The van der Waals surface area contributed by atoms with Crippen LogP contribution in [0.15, 0.2) is 30.6 Å². The van der Waals surface area contributed by atoms with Gasteiger partial charge < -0.3 is 14.6 Å². The van der Waals surface area contributed by atoms with Crippen molar-refractivity contribution < 1.29 is 14.4 Å². The molecular formula is C13H16BFN2O2. The van der Waals surface area contributed by atoms with Crippen molar-refractivity contribution in [2.75, 3.05) is 0 Å². The van der Waals surface area contributed by atoms with E-state index >= 15 is 0 Å². The monoisotopic (exact) mass is 262 g/mol. The first-order chi connectivity index (χ1) is 9.11. The summed E-state index contributed by atoms with van der Waals surface area (Å²) in [4.78, 5) is 4.27. The van der Waals surface area contributed by atoms with Crippen LogP contribution in [0.1, 0.15) is 24.7 Å². The van der Waals surface area contributed by atoms with E-state index < -0.39 is 12.9 Å². The summed E-state index contributed by atoms with van der Waals surface area (Å²) in [7, 11) is -1.79. The van der Waals surface area contributed by atoms with E-state index in [0.29, 0.717) is 6.54 Å². The molecule has 6 heteroatoms. The number of hydrogen-bond acceptors (Lipinski definition) is 3. The largest absolute Gasteiger partial charge is 0.491 e. The first-order valence-corrected chi connectivity index (χ1v) is 6.26. The molecule has 1 heterocycles. The van der Waals surface area contributed by atoms with E-state index in [4.69, 9.17) is 10.0 Å². The molecule has 0 aliphatic heterocycles. The Morgan fingerprint density at radius 2 is 2.16 bits per heavy atom. The first-order valence-electron chi connectivity index (χ1n) is 6.26. The third kappa shape index (κ3) is 3.21. The first kappa shape index (κ1) is 13.8. The number of hydrogen-bond donors (Lipinski definition) is 2. The van der Waals surface area contributed by atoms with Crippen LogP contribution < -0.4 is 5.46 Å². The van der Waals surface area contributed by atoms with Crippen molar-refractivity contribution in [3.63, 3.8) is 0 Å². The minimum atomic E-state index is -1.79. The van der Waals surface area contributed by atoms with Gasteiger partial charge in [0.25, 0.3) is 0 Å². The Bertz CT molecular complexity index is 557. The van der Waals surface area contributed by atoms with Crippen LogP contribution in [0, 0.1) is 5.82 Å². The summed E-state index contributed by atoms with van der Waals surface area (Å²) in [5.74, 6) is 0.357. The van der Waals surface area contributed by atoms with E-state index in [1.807, 2.05) is 10.8 Å². The van der Waals surface area contributed by atoms with Crippen molar-refractivity contribution in [1.82, 2.24) is 9.55 Å². The van der Waals surface area contributed by atoms with E-state index in [1.54, 1.807) is 12.3 Å². The van der Waals surface area contributed by atoms with E-state index in [-0.39, 0.29) is 5.46 Å². The van der Waals surface area contributed by atoms with Gasteiger partial charge in [0.15, 0.2) is 0 Å². The normalized spacial score (nSPS) is 10.7. The van der Waals surface area contributed by atoms with E-state index in [1.165, 1.54) is 12.1 Å². The lowest BCUT2D eigenvalue weighted by Gasteiger charge is -2.09. The summed E-state index contributed by atoms with van der Waals surface area (Å²) in [6.07, 6.45) is 5.48. The molecule has 0 atom stereocenters. The van der Waals surface area contributed by atoms with Gasteiger partial charge in [-0.2, -0.15) is 0 Å². The van der Waals surface area contributed by atoms with Gasteiger partial charge in [0, 0.05) is 30.8 Å². The maximum atomic E-state index is 13.4. The second-order valence-corrected chi connectivity index (χ2v) is 4.45. The third-order valence-electron chi connectivity index (χ3n) is 2.97. The molecule has 0 spiro atoms. The van der Waals surface area contributed by atoms with Crippen molar-refractivity contribution in [3.05, 3.63) is 47.8 Å². The molecule has 0 saturated carbocycles. The topological polar surface area (TPSA) is 58.3 Å². The number of aromatic nitrogens is 2. The quantitative estimate of drug-likeness (QED) is 0.780. The molecule has 4 nitrogen and oxygen atoms in total. The Morgan fingerprint density at radius 1 is 1.37 bits per heavy atom. The summed E-state index contributed by atoms with van der Waals surface area (Å²) in [6, 6.07) is 4.35. The maximum Gasteiger partial charge on any atom is 0.491 e. The van der Waals surface area contributed by atoms with Crippen LogP contribution in [0.3, 0.4) is 0 Å². The summed E-state index contributed by atoms with van der Waals surface area (Å²) >= 11 is 0. The van der Waals surface area contributed by atoms with Gasteiger partial charge in [0.1, 0.15) is 11.6 Å². The molecule has 100 valence electrons. The Balaban J connectivity index is 2.23. The maximum absolute atomic E-state index is 13.4. The van der Waals surface area contributed by atoms with Crippen LogP contribution in [0.2, 0.25) is 0 Å². The molecule has 1 aromatic carbocycles. The second-order valence-electron chi connectivity index (χ2n) is 4.45. The zero-order valence-electron chi connectivity index (χ0n) is 10.8. The molecule has 1 aromatic heterocycles. The molecule has 0 aliphatic carbocycles. The lowest BCUT2D eigenvalue weighted by atomic mass is 9.79. The Morgan fingerprint density at radius 3 is 2.84 bits per heavy atom. The number of imidazole rings is 1. The smallest absolute Gasteiger partial charge is 0.423 e. The SMILES string of the molecule is CCCc1nccn1Cc1ccc(F)c(B(O)O)c1. The fourth-order valence-corrected chi connectivity index (χ4v) is 2.02. The van der Waals surface area contributed by atoms with Gasteiger partial charge in [-0.15, -0.1) is 0 Å². The van der Waals surface area contributed by atoms with Crippen LogP contribution in [0.4, 0.5) is 4.39 Å². The number of rotatable bonds is 5. The lowest BCUT2D eigenvalue weighted by Crippen LogP contribution is -2.33. The van der Waals surface area contributed by atoms with Crippen LogP contribution in [0.25, 0.3) is 0 Å². The Kier molecular flexibility index (Phi) is 4.34. The van der Waals surface area contributed by atoms with Gasteiger partial charge >= 0.3 is 7.12 Å². The lowest BCUT2D eigenvalue weighted by molar-refractivity contribution is 0.423. The van der Waals surface area contributed by atoms with Crippen LogP contribution in [-0.2, 0) is 13.0 Å². The zero-order chi connectivity index (χ0) is 13.8. The molecule has 0 fully saturated rings. The highest BCUT2D eigenvalue weighted by molar-refractivity contribution is 6.58. The fraction of sp³-hybridized carbons (Fsp3) is 0.308. The van der Waals surface area contributed by atoms with Gasteiger partial charge in [0.05, 0.1) is 0 Å². The third-order valence-corrected chi connectivity index (χ3v) is 2.97. The minimum Gasteiger partial charge on any atom is -0.423 e. The van der Waals surface area contributed by atoms with Crippen molar-refractivity contribution in [2.45, 2.75) is 26.3 Å². The van der Waals surface area contributed by atoms with Crippen LogP contribution >= 0.6 is 0 Å². The molecule has 0 amide bonds. The number of benzene rings is 1. The second kappa shape index (κ2) is 5.99. The Labute approximate surface area is 111 Å². The predicted octanol–water partition coefficient (Wildman–Crippen LogP) is 0.703. The summed E-state index contributed by atoms with van der Waals surface area (Å²) in [5.41, 5.74) is 0.703. The highest BCUT2D eigenvalue weighted by Gasteiger charge is 2.17. The molecule has 2 aromatic rings. The van der Waals surface area contributed by atoms with Gasteiger partial charge in [-0.3, -0.25) is 0 Å². The van der Waals surface area contributed by atoms with Crippen molar-refractivity contribution in [1.29, 1.82) is 0 Å².